The summed E-state index contributed by atoms with van der Waals surface area (Å²) in [5.74, 6) is 0. The Morgan fingerprint density at radius 2 is 2.00 bits per heavy atom. The van der Waals surface area contributed by atoms with Crippen molar-refractivity contribution in [2.45, 2.75) is 52.2 Å². The minimum Gasteiger partial charge on any atom is -0.368 e. The van der Waals surface area contributed by atoms with Gasteiger partial charge in [0.05, 0.1) is 0 Å². The van der Waals surface area contributed by atoms with Crippen LogP contribution in [0.25, 0.3) is 0 Å². The molecule has 3 nitrogen and oxygen atoms in total. The first-order chi connectivity index (χ1) is 8.24. The SMILES string of the molecule is C/C=C\CCCCN(CCC)CCC(O)OC. The summed E-state index contributed by atoms with van der Waals surface area (Å²) >= 11 is 0. The number of methoxy groups -OCH3 is 1. The normalized spacial score (nSPS) is 13.7. The molecular formula is C14H29NO2. The molecule has 0 aromatic heterocycles. The maximum absolute atomic E-state index is 9.36. The van der Waals surface area contributed by atoms with E-state index in [2.05, 4.69) is 30.9 Å². The van der Waals surface area contributed by atoms with Gasteiger partial charge in [0, 0.05) is 20.1 Å². The van der Waals surface area contributed by atoms with E-state index >= 15 is 0 Å². The predicted octanol–water partition coefficient (Wildman–Crippen LogP) is 2.80. The lowest BCUT2D eigenvalue weighted by atomic mass is 10.2. The highest BCUT2D eigenvalue weighted by atomic mass is 16.6. The summed E-state index contributed by atoms with van der Waals surface area (Å²) in [5, 5.41) is 9.36. The summed E-state index contributed by atoms with van der Waals surface area (Å²) in [6.45, 7) is 7.42. The van der Waals surface area contributed by atoms with Crippen LogP contribution in [0.3, 0.4) is 0 Å². The molecule has 0 radical (unpaired) electrons. The van der Waals surface area contributed by atoms with Crippen molar-refractivity contribution in [3.63, 3.8) is 0 Å². The number of aliphatic hydroxyl groups excluding tert-OH is 1. The van der Waals surface area contributed by atoms with Crippen molar-refractivity contribution < 1.29 is 9.84 Å². The fourth-order valence-corrected chi connectivity index (χ4v) is 1.83. The van der Waals surface area contributed by atoms with Crippen LogP contribution in [0.1, 0.15) is 46.0 Å². The van der Waals surface area contributed by atoms with Gasteiger partial charge >= 0.3 is 0 Å². The molecule has 0 aliphatic carbocycles. The van der Waals surface area contributed by atoms with E-state index in [0.29, 0.717) is 6.42 Å². The summed E-state index contributed by atoms with van der Waals surface area (Å²) in [7, 11) is 1.55. The molecule has 0 aromatic carbocycles. The molecule has 1 N–H and O–H groups in total. The van der Waals surface area contributed by atoms with Gasteiger partial charge < -0.3 is 14.7 Å². The number of nitrogens with zero attached hydrogens (tertiary/aromatic N) is 1. The Morgan fingerprint density at radius 1 is 1.24 bits per heavy atom. The number of unbranched alkanes of at least 4 members (excludes halogenated alkanes) is 2. The maximum atomic E-state index is 9.36. The van der Waals surface area contributed by atoms with Gasteiger partial charge in [0.25, 0.3) is 0 Å². The molecule has 0 saturated carbocycles. The first-order valence-electron chi connectivity index (χ1n) is 6.79. The predicted molar refractivity (Wildman–Crippen MR) is 73.0 cm³/mol. The topological polar surface area (TPSA) is 32.7 Å². The lowest BCUT2D eigenvalue weighted by molar-refractivity contribution is -0.0820. The smallest absolute Gasteiger partial charge is 0.155 e. The van der Waals surface area contributed by atoms with Crippen molar-refractivity contribution in [3.8, 4) is 0 Å². The Kier molecular flexibility index (Phi) is 11.8. The molecule has 0 aliphatic heterocycles. The summed E-state index contributed by atoms with van der Waals surface area (Å²) < 4.78 is 4.86. The number of ether oxygens (including phenoxy) is 1. The quantitative estimate of drug-likeness (QED) is 0.344. The van der Waals surface area contributed by atoms with E-state index in [0.717, 1.165) is 26.1 Å². The Bertz CT molecular complexity index is 183. The molecule has 0 rings (SSSR count). The summed E-state index contributed by atoms with van der Waals surface area (Å²) in [4.78, 5) is 2.41. The largest absolute Gasteiger partial charge is 0.368 e. The monoisotopic (exact) mass is 243 g/mol. The van der Waals surface area contributed by atoms with Crippen molar-refractivity contribution in [2.24, 2.45) is 0 Å². The third kappa shape index (κ3) is 10.5. The highest BCUT2D eigenvalue weighted by Gasteiger charge is 2.07. The lowest BCUT2D eigenvalue weighted by Crippen LogP contribution is -2.29. The molecule has 1 atom stereocenters. The van der Waals surface area contributed by atoms with Gasteiger partial charge in [-0.2, -0.15) is 0 Å². The fraction of sp³-hybridized carbons (Fsp3) is 0.857. The van der Waals surface area contributed by atoms with E-state index in [4.69, 9.17) is 4.74 Å². The molecule has 0 saturated heterocycles. The molecule has 0 bridgehead atoms. The summed E-state index contributed by atoms with van der Waals surface area (Å²) in [6.07, 6.45) is 9.24. The second-order valence-corrected chi connectivity index (χ2v) is 4.39. The van der Waals surface area contributed by atoms with Crippen LogP contribution in [-0.2, 0) is 4.74 Å². The molecule has 1 unspecified atom stereocenters. The van der Waals surface area contributed by atoms with Crippen molar-refractivity contribution in [3.05, 3.63) is 12.2 Å². The molecule has 0 aromatic rings. The van der Waals surface area contributed by atoms with Gasteiger partial charge in [-0.1, -0.05) is 19.1 Å². The second-order valence-electron chi connectivity index (χ2n) is 4.39. The maximum Gasteiger partial charge on any atom is 0.155 e. The molecule has 3 heteroatoms. The Morgan fingerprint density at radius 3 is 2.59 bits per heavy atom. The van der Waals surface area contributed by atoms with Crippen LogP contribution in [0.5, 0.6) is 0 Å². The average Bonchev–Trinajstić information content (AvgIpc) is 2.35. The Balaban J connectivity index is 3.66. The van der Waals surface area contributed by atoms with Gasteiger partial charge in [-0.05, 0) is 45.7 Å². The number of aliphatic hydroxyl groups is 1. The zero-order valence-corrected chi connectivity index (χ0v) is 11.7. The third-order valence-electron chi connectivity index (χ3n) is 2.84. The van der Waals surface area contributed by atoms with E-state index < -0.39 is 6.29 Å². The Hall–Kier alpha value is -0.380. The standard InChI is InChI=1S/C14H29NO2/c1-4-6-7-8-9-12-15(11-5-2)13-10-14(16)17-3/h4,6,14,16H,5,7-13H2,1-3H3/b6-4-. The van der Waals surface area contributed by atoms with Gasteiger partial charge in [-0.3, -0.25) is 0 Å². The average molecular weight is 243 g/mol. The van der Waals surface area contributed by atoms with E-state index in [9.17, 15) is 5.11 Å². The molecular weight excluding hydrogens is 214 g/mol. The molecule has 17 heavy (non-hydrogen) atoms. The number of allylic oxidation sites excluding steroid dienone is 2. The second kappa shape index (κ2) is 12.1. The van der Waals surface area contributed by atoms with Gasteiger partial charge in [-0.25, -0.2) is 0 Å². The molecule has 0 amide bonds. The number of hydrogen-bond acceptors (Lipinski definition) is 3. The van der Waals surface area contributed by atoms with E-state index in [-0.39, 0.29) is 0 Å². The van der Waals surface area contributed by atoms with Crippen LogP contribution in [-0.4, -0.2) is 43.0 Å². The van der Waals surface area contributed by atoms with Crippen LogP contribution in [0, 0.1) is 0 Å². The van der Waals surface area contributed by atoms with Gasteiger partial charge in [0.2, 0.25) is 0 Å². The van der Waals surface area contributed by atoms with Crippen molar-refractivity contribution in [1.29, 1.82) is 0 Å². The lowest BCUT2D eigenvalue weighted by Gasteiger charge is -2.22. The summed E-state index contributed by atoms with van der Waals surface area (Å²) in [5.41, 5.74) is 0. The molecule has 102 valence electrons. The Labute approximate surface area is 106 Å². The van der Waals surface area contributed by atoms with E-state index in [1.54, 1.807) is 7.11 Å². The number of hydrogen-bond donors (Lipinski definition) is 1. The van der Waals surface area contributed by atoms with Crippen LogP contribution in [0.2, 0.25) is 0 Å². The fourth-order valence-electron chi connectivity index (χ4n) is 1.83. The zero-order chi connectivity index (χ0) is 12.9. The van der Waals surface area contributed by atoms with E-state index in [1.807, 2.05) is 0 Å². The van der Waals surface area contributed by atoms with Crippen LogP contribution in [0.4, 0.5) is 0 Å². The van der Waals surface area contributed by atoms with Crippen molar-refractivity contribution in [2.75, 3.05) is 26.7 Å². The highest BCUT2D eigenvalue weighted by Crippen LogP contribution is 2.03. The first-order valence-corrected chi connectivity index (χ1v) is 6.79. The summed E-state index contributed by atoms with van der Waals surface area (Å²) in [6, 6.07) is 0. The van der Waals surface area contributed by atoms with E-state index in [1.165, 1.54) is 19.3 Å². The van der Waals surface area contributed by atoms with Gasteiger partial charge in [-0.15, -0.1) is 0 Å². The molecule has 0 spiro atoms. The van der Waals surface area contributed by atoms with Crippen LogP contribution < -0.4 is 0 Å². The zero-order valence-electron chi connectivity index (χ0n) is 11.7. The molecule has 0 fully saturated rings. The first kappa shape index (κ1) is 16.6. The van der Waals surface area contributed by atoms with Gasteiger partial charge in [0.15, 0.2) is 6.29 Å². The minimum atomic E-state index is -0.614. The molecule has 0 heterocycles. The highest BCUT2D eigenvalue weighted by molar-refractivity contribution is 4.76. The van der Waals surface area contributed by atoms with Gasteiger partial charge in [0.1, 0.15) is 0 Å². The number of rotatable bonds is 11. The van der Waals surface area contributed by atoms with Crippen molar-refractivity contribution in [1.82, 2.24) is 4.90 Å². The minimum absolute atomic E-state index is 0.614. The van der Waals surface area contributed by atoms with Crippen molar-refractivity contribution >= 4 is 0 Å². The van der Waals surface area contributed by atoms with Crippen LogP contribution in [0.15, 0.2) is 12.2 Å². The molecule has 0 aliphatic rings. The van der Waals surface area contributed by atoms with Crippen LogP contribution >= 0.6 is 0 Å². The third-order valence-corrected chi connectivity index (χ3v) is 2.84.